The Morgan fingerprint density at radius 3 is 2.88 bits per heavy atom. The number of nitrogens with zero attached hydrogens (tertiary/aromatic N) is 2. The van der Waals surface area contributed by atoms with Crippen LogP contribution in [-0.4, -0.2) is 22.6 Å². The molecule has 0 N–H and O–H groups in total. The zero-order valence-electron chi connectivity index (χ0n) is 10.0. The van der Waals surface area contributed by atoms with Gasteiger partial charge >= 0.3 is 0 Å². The van der Waals surface area contributed by atoms with Gasteiger partial charge < -0.3 is 4.57 Å². The summed E-state index contributed by atoms with van der Waals surface area (Å²) in [4.78, 5) is 2.52. The number of hydrogen-bond donors (Lipinski definition) is 0. The summed E-state index contributed by atoms with van der Waals surface area (Å²) >= 11 is 0. The van der Waals surface area contributed by atoms with Gasteiger partial charge in [0, 0.05) is 36.7 Å². The Hall–Kier alpha value is -1.28. The van der Waals surface area contributed by atoms with E-state index in [1.165, 1.54) is 29.6 Å². The van der Waals surface area contributed by atoms with Crippen molar-refractivity contribution in [3.63, 3.8) is 0 Å². The first-order chi connectivity index (χ1) is 7.81. The molecule has 1 aliphatic rings. The Bertz CT molecular complexity index is 525. The molecule has 16 heavy (non-hydrogen) atoms. The Morgan fingerprint density at radius 2 is 2.06 bits per heavy atom. The van der Waals surface area contributed by atoms with Gasteiger partial charge in [-0.1, -0.05) is 25.1 Å². The minimum absolute atomic E-state index is 1.11. The lowest BCUT2D eigenvalue weighted by Crippen LogP contribution is -2.30. The second-order valence-corrected chi connectivity index (χ2v) is 4.62. The van der Waals surface area contributed by atoms with Crippen LogP contribution in [0.2, 0.25) is 0 Å². The molecule has 3 rings (SSSR count). The maximum Gasteiger partial charge on any atom is 0.0483 e. The molecule has 84 valence electrons. The molecule has 0 saturated carbocycles. The monoisotopic (exact) mass is 214 g/mol. The quantitative estimate of drug-likeness (QED) is 0.708. The first kappa shape index (κ1) is 9.91. The van der Waals surface area contributed by atoms with Crippen molar-refractivity contribution >= 4 is 10.9 Å². The highest BCUT2D eigenvalue weighted by Crippen LogP contribution is 2.29. The number of benzene rings is 1. The fourth-order valence-corrected chi connectivity index (χ4v) is 2.84. The number of aromatic nitrogens is 1. The normalized spacial score (nSPS) is 16.6. The van der Waals surface area contributed by atoms with Crippen LogP contribution in [0.25, 0.3) is 10.9 Å². The minimum Gasteiger partial charge on any atom is -0.346 e. The first-order valence-electron chi connectivity index (χ1n) is 6.08. The predicted molar refractivity (Wildman–Crippen MR) is 67.6 cm³/mol. The molecule has 1 aromatic carbocycles. The number of rotatable bonds is 1. The lowest BCUT2D eigenvalue weighted by Gasteiger charge is -2.26. The molecule has 0 fully saturated rings. The van der Waals surface area contributed by atoms with E-state index in [1.807, 2.05) is 0 Å². The summed E-state index contributed by atoms with van der Waals surface area (Å²) in [6.07, 6.45) is 1.20. The van der Waals surface area contributed by atoms with Gasteiger partial charge in [-0.25, -0.2) is 0 Å². The smallest absolute Gasteiger partial charge is 0.0483 e. The van der Waals surface area contributed by atoms with E-state index in [0.717, 1.165) is 13.1 Å². The summed E-state index contributed by atoms with van der Waals surface area (Å²) in [6, 6.07) is 8.76. The lowest BCUT2D eigenvalue weighted by atomic mass is 10.0. The second-order valence-electron chi connectivity index (χ2n) is 4.62. The van der Waals surface area contributed by atoms with E-state index in [1.54, 1.807) is 5.56 Å². The largest absolute Gasteiger partial charge is 0.346 e. The number of fused-ring (bicyclic) bond motifs is 3. The molecule has 2 nitrogen and oxygen atoms in total. The van der Waals surface area contributed by atoms with E-state index < -0.39 is 0 Å². The van der Waals surface area contributed by atoms with Crippen molar-refractivity contribution in [2.75, 3.05) is 13.1 Å². The molecular weight excluding hydrogens is 196 g/mol. The average molecular weight is 214 g/mol. The highest BCUT2D eigenvalue weighted by molar-refractivity contribution is 5.85. The molecule has 0 spiro atoms. The lowest BCUT2D eigenvalue weighted by molar-refractivity contribution is 0.262. The summed E-state index contributed by atoms with van der Waals surface area (Å²) in [5.74, 6) is 0. The van der Waals surface area contributed by atoms with Gasteiger partial charge in [0.05, 0.1) is 0 Å². The van der Waals surface area contributed by atoms with Crippen molar-refractivity contribution < 1.29 is 0 Å². The third kappa shape index (κ3) is 1.30. The first-order valence-corrected chi connectivity index (χ1v) is 6.08. The summed E-state index contributed by atoms with van der Waals surface area (Å²) in [5.41, 5.74) is 4.46. The van der Waals surface area contributed by atoms with E-state index in [0.29, 0.717) is 0 Å². The molecule has 0 bridgehead atoms. The van der Waals surface area contributed by atoms with Crippen molar-refractivity contribution in [3.05, 3.63) is 35.5 Å². The van der Waals surface area contributed by atoms with Crippen molar-refractivity contribution in [2.24, 2.45) is 7.05 Å². The van der Waals surface area contributed by atoms with E-state index in [-0.39, 0.29) is 0 Å². The molecule has 0 radical (unpaired) electrons. The number of aryl methyl sites for hydroxylation is 1. The number of likely N-dealkylation sites (N-methyl/N-ethyl adjacent to an activating group) is 1. The van der Waals surface area contributed by atoms with Crippen LogP contribution < -0.4 is 0 Å². The maximum absolute atomic E-state index is 2.52. The molecular formula is C14H18N2. The maximum atomic E-state index is 2.52. The van der Waals surface area contributed by atoms with Crippen LogP contribution in [-0.2, 0) is 20.0 Å². The molecule has 1 aromatic heterocycles. The van der Waals surface area contributed by atoms with Gasteiger partial charge in [-0.2, -0.15) is 0 Å². The van der Waals surface area contributed by atoms with E-state index in [4.69, 9.17) is 0 Å². The molecule has 2 aromatic rings. The van der Waals surface area contributed by atoms with Crippen LogP contribution in [0.5, 0.6) is 0 Å². The Labute approximate surface area is 96.5 Å². The predicted octanol–water partition coefficient (Wildman–Crippen LogP) is 2.56. The third-order valence-corrected chi connectivity index (χ3v) is 3.84. The highest BCUT2D eigenvalue weighted by Gasteiger charge is 2.21. The molecule has 0 aliphatic carbocycles. The zero-order valence-corrected chi connectivity index (χ0v) is 10.0. The molecule has 0 amide bonds. The van der Waals surface area contributed by atoms with Crippen LogP contribution in [0.3, 0.4) is 0 Å². The summed E-state index contributed by atoms with van der Waals surface area (Å²) in [7, 11) is 2.19. The summed E-state index contributed by atoms with van der Waals surface area (Å²) < 4.78 is 2.37. The Kier molecular flexibility index (Phi) is 2.25. The van der Waals surface area contributed by atoms with Crippen LogP contribution in [0, 0.1) is 0 Å². The highest BCUT2D eigenvalue weighted by atomic mass is 15.1. The Morgan fingerprint density at radius 1 is 1.25 bits per heavy atom. The van der Waals surface area contributed by atoms with E-state index >= 15 is 0 Å². The van der Waals surface area contributed by atoms with Crippen LogP contribution in [0.1, 0.15) is 18.2 Å². The summed E-state index contributed by atoms with van der Waals surface area (Å²) in [6.45, 7) is 5.71. The van der Waals surface area contributed by atoms with Crippen LogP contribution >= 0.6 is 0 Å². The van der Waals surface area contributed by atoms with Gasteiger partial charge in [-0.05, 0) is 24.6 Å². The topological polar surface area (TPSA) is 8.17 Å². The summed E-state index contributed by atoms with van der Waals surface area (Å²) in [5, 5.41) is 1.45. The third-order valence-electron chi connectivity index (χ3n) is 3.84. The van der Waals surface area contributed by atoms with Gasteiger partial charge in [0.1, 0.15) is 0 Å². The average Bonchev–Trinajstić information content (AvgIpc) is 2.64. The van der Waals surface area contributed by atoms with Gasteiger partial charge in [-0.15, -0.1) is 0 Å². The molecule has 0 atom stereocenters. The zero-order chi connectivity index (χ0) is 11.1. The fraction of sp³-hybridized carbons (Fsp3) is 0.429. The molecule has 0 saturated heterocycles. The SMILES string of the molecule is CCN1CCc2c(n(C)c3ccccc23)C1. The van der Waals surface area contributed by atoms with Crippen molar-refractivity contribution in [1.29, 1.82) is 0 Å². The standard InChI is InChI=1S/C14H18N2/c1-3-16-9-8-12-11-6-4-5-7-13(11)15(2)14(12)10-16/h4-7H,3,8-10H2,1-2H3. The molecule has 0 unspecified atom stereocenters. The number of hydrogen-bond acceptors (Lipinski definition) is 1. The van der Waals surface area contributed by atoms with Crippen molar-refractivity contribution in [2.45, 2.75) is 19.9 Å². The molecule has 1 aliphatic heterocycles. The molecule has 2 heteroatoms. The second kappa shape index (κ2) is 3.63. The van der Waals surface area contributed by atoms with Crippen LogP contribution in [0.4, 0.5) is 0 Å². The van der Waals surface area contributed by atoms with E-state index in [2.05, 4.69) is 47.7 Å². The Balaban J connectivity index is 2.20. The van der Waals surface area contributed by atoms with Gasteiger partial charge in [0.2, 0.25) is 0 Å². The van der Waals surface area contributed by atoms with Gasteiger partial charge in [0.25, 0.3) is 0 Å². The fourth-order valence-electron chi connectivity index (χ4n) is 2.84. The van der Waals surface area contributed by atoms with Crippen molar-refractivity contribution in [1.82, 2.24) is 9.47 Å². The minimum atomic E-state index is 1.11. The number of para-hydroxylation sites is 1. The van der Waals surface area contributed by atoms with Gasteiger partial charge in [-0.3, -0.25) is 4.90 Å². The van der Waals surface area contributed by atoms with Gasteiger partial charge in [0.15, 0.2) is 0 Å². The van der Waals surface area contributed by atoms with Crippen molar-refractivity contribution in [3.8, 4) is 0 Å². The molecule has 2 heterocycles. The van der Waals surface area contributed by atoms with E-state index in [9.17, 15) is 0 Å². The van der Waals surface area contributed by atoms with Crippen LogP contribution in [0.15, 0.2) is 24.3 Å².